The van der Waals surface area contributed by atoms with Crippen LogP contribution in [0.4, 0.5) is 0 Å². The summed E-state index contributed by atoms with van der Waals surface area (Å²) in [6, 6.07) is 0.759. The first-order valence-electron chi connectivity index (χ1n) is 6.89. The molecule has 0 aromatic rings. The second-order valence-corrected chi connectivity index (χ2v) is 6.25. The molecule has 0 radical (unpaired) electrons. The second-order valence-electron chi connectivity index (χ2n) is 6.25. The number of hydrogen-bond acceptors (Lipinski definition) is 1. The quantitative estimate of drug-likeness (QED) is 0.687. The van der Waals surface area contributed by atoms with E-state index in [4.69, 9.17) is 0 Å². The summed E-state index contributed by atoms with van der Waals surface area (Å²) in [4.78, 5) is 2.64. The summed E-state index contributed by atoms with van der Waals surface area (Å²) in [5.74, 6) is 3.18. The van der Waals surface area contributed by atoms with E-state index in [1.54, 1.807) is 0 Å². The molecule has 2 rings (SSSR count). The van der Waals surface area contributed by atoms with Crippen LogP contribution in [0.1, 0.15) is 52.9 Å². The molecule has 0 N–H and O–H groups in total. The number of rotatable bonds is 3. The van der Waals surface area contributed by atoms with Gasteiger partial charge in [-0.15, -0.1) is 0 Å². The molecule has 1 nitrogen and oxygen atoms in total. The smallest absolute Gasteiger partial charge is 0.00385 e. The summed E-state index contributed by atoms with van der Waals surface area (Å²) < 4.78 is 0. The molecule has 0 unspecified atom stereocenters. The molecule has 0 atom stereocenters. The van der Waals surface area contributed by atoms with Gasteiger partial charge in [-0.25, -0.2) is 0 Å². The fraction of sp³-hybridized carbons (Fsp3) is 1.00. The minimum Gasteiger partial charge on any atom is -0.301 e. The maximum Gasteiger partial charge on any atom is 0.00385 e. The molecule has 2 fully saturated rings. The van der Waals surface area contributed by atoms with E-state index in [1.807, 2.05) is 0 Å². The molecule has 88 valence electrons. The first-order valence-corrected chi connectivity index (χ1v) is 6.89. The average Bonchev–Trinajstić information content (AvgIpc) is 2.16. The lowest BCUT2D eigenvalue weighted by molar-refractivity contribution is 0.108. The largest absolute Gasteiger partial charge is 0.301 e. The molecule has 0 aromatic carbocycles. The summed E-state index contributed by atoms with van der Waals surface area (Å²) in [5, 5.41) is 0. The maximum absolute atomic E-state index is 2.64. The Kier molecular flexibility index (Phi) is 3.71. The zero-order chi connectivity index (χ0) is 10.8. The Morgan fingerprint density at radius 1 is 1.07 bits per heavy atom. The lowest BCUT2D eigenvalue weighted by atomic mass is 9.71. The normalized spacial score (nSPS) is 34.4. The van der Waals surface area contributed by atoms with Crippen molar-refractivity contribution in [3.8, 4) is 0 Å². The predicted molar refractivity (Wildman–Crippen MR) is 65.9 cm³/mol. The third-order valence-electron chi connectivity index (χ3n) is 4.52. The lowest BCUT2D eigenvalue weighted by Crippen LogP contribution is -2.39. The summed E-state index contributed by atoms with van der Waals surface area (Å²) in [6.45, 7) is 9.76. The maximum atomic E-state index is 2.64. The molecule has 1 heterocycles. The van der Waals surface area contributed by atoms with Gasteiger partial charge in [0.1, 0.15) is 0 Å². The SMILES string of the molecule is CC1CC(CC2CCN(C(C)C)CC2)C1. The number of likely N-dealkylation sites (tertiary alicyclic amines) is 1. The van der Waals surface area contributed by atoms with E-state index < -0.39 is 0 Å². The highest BCUT2D eigenvalue weighted by molar-refractivity contribution is 4.82. The van der Waals surface area contributed by atoms with Crippen LogP contribution in [0.15, 0.2) is 0 Å². The number of nitrogens with zero attached hydrogens (tertiary/aromatic N) is 1. The number of hydrogen-bond donors (Lipinski definition) is 0. The van der Waals surface area contributed by atoms with Crippen LogP contribution in [0.5, 0.6) is 0 Å². The highest BCUT2D eigenvalue weighted by Crippen LogP contribution is 2.39. The van der Waals surface area contributed by atoms with Crippen molar-refractivity contribution in [1.82, 2.24) is 4.90 Å². The fourth-order valence-corrected chi connectivity index (χ4v) is 3.44. The monoisotopic (exact) mass is 209 g/mol. The zero-order valence-electron chi connectivity index (χ0n) is 10.7. The van der Waals surface area contributed by atoms with Gasteiger partial charge < -0.3 is 4.90 Å². The summed E-state index contributed by atoms with van der Waals surface area (Å²) in [5.41, 5.74) is 0. The third-order valence-corrected chi connectivity index (χ3v) is 4.52. The van der Waals surface area contributed by atoms with Gasteiger partial charge in [-0.3, -0.25) is 0 Å². The molecule has 1 aliphatic carbocycles. The Morgan fingerprint density at radius 2 is 1.67 bits per heavy atom. The molecular weight excluding hydrogens is 182 g/mol. The van der Waals surface area contributed by atoms with Crippen LogP contribution in [0.2, 0.25) is 0 Å². The molecule has 0 bridgehead atoms. The summed E-state index contributed by atoms with van der Waals surface area (Å²) in [7, 11) is 0. The Bertz CT molecular complexity index is 186. The van der Waals surface area contributed by atoms with Gasteiger partial charge in [0.2, 0.25) is 0 Å². The standard InChI is InChI=1S/C14H27N/c1-11(2)15-6-4-13(5-7-15)10-14-8-12(3)9-14/h11-14H,4-10H2,1-3H3. The molecule has 1 heteroatoms. The van der Waals surface area contributed by atoms with Crippen LogP contribution in [0, 0.1) is 17.8 Å². The topological polar surface area (TPSA) is 3.24 Å². The molecular formula is C14H27N. The van der Waals surface area contributed by atoms with Crippen molar-refractivity contribution in [2.24, 2.45) is 17.8 Å². The van der Waals surface area contributed by atoms with Gasteiger partial charge in [-0.05, 0) is 76.8 Å². The van der Waals surface area contributed by atoms with Crippen LogP contribution < -0.4 is 0 Å². The minimum absolute atomic E-state index is 0.759. The molecule has 2 aliphatic rings. The van der Waals surface area contributed by atoms with Crippen LogP contribution in [-0.4, -0.2) is 24.0 Å². The van der Waals surface area contributed by atoms with Crippen LogP contribution in [0.3, 0.4) is 0 Å². The molecule has 0 spiro atoms. The molecule has 1 aliphatic heterocycles. The van der Waals surface area contributed by atoms with Crippen molar-refractivity contribution in [1.29, 1.82) is 0 Å². The highest BCUT2D eigenvalue weighted by atomic mass is 15.1. The van der Waals surface area contributed by atoms with Crippen molar-refractivity contribution >= 4 is 0 Å². The van der Waals surface area contributed by atoms with E-state index in [0.717, 1.165) is 23.8 Å². The van der Waals surface area contributed by atoms with Gasteiger partial charge in [-0.2, -0.15) is 0 Å². The van der Waals surface area contributed by atoms with Gasteiger partial charge >= 0.3 is 0 Å². The molecule has 0 amide bonds. The molecule has 1 saturated heterocycles. The summed E-state index contributed by atoms with van der Waals surface area (Å²) in [6.07, 6.45) is 7.50. The van der Waals surface area contributed by atoms with Crippen molar-refractivity contribution < 1.29 is 0 Å². The van der Waals surface area contributed by atoms with Crippen LogP contribution in [-0.2, 0) is 0 Å². The van der Waals surface area contributed by atoms with Crippen LogP contribution in [0.25, 0.3) is 0 Å². The van der Waals surface area contributed by atoms with E-state index in [-0.39, 0.29) is 0 Å². The lowest BCUT2D eigenvalue weighted by Gasteiger charge is -2.39. The van der Waals surface area contributed by atoms with Gasteiger partial charge in [0.25, 0.3) is 0 Å². The Labute approximate surface area is 95.2 Å². The van der Waals surface area contributed by atoms with Crippen molar-refractivity contribution in [2.75, 3.05) is 13.1 Å². The second kappa shape index (κ2) is 4.86. The van der Waals surface area contributed by atoms with E-state index in [0.29, 0.717) is 0 Å². The van der Waals surface area contributed by atoms with Crippen LogP contribution >= 0.6 is 0 Å². The van der Waals surface area contributed by atoms with Crippen molar-refractivity contribution in [3.05, 3.63) is 0 Å². The Balaban J connectivity index is 1.65. The highest BCUT2D eigenvalue weighted by Gasteiger charge is 2.29. The van der Waals surface area contributed by atoms with Gasteiger partial charge in [-0.1, -0.05) is 6.92 Å². The Hall–Kier alpha value is -0.0400. The van der Waals surface area contributed by atoms with E-state index >= 15 is 0 Å². The third kappa shape index (κ3) is 2.96. The van der Waals surface area contributed by atoms with E-state index in [2.05, 4.69) is 25.7 Å². The van der Waals surface area contributed by atoms with E-state index in [1.165, 1.54) is 45.2 Å². The van der Waals surface area contributed by atoms with Gasteiger partial charge in [0, 0.05) is 6.04 Å². The van der Waals surface area contributed by atoms with Gasteiger partial charge in [0.05, 0.1) is 0 Å². The van der Waals surface area contributed by atoms with Gasteiger partial charge in [0.15, 0.2) is 0 Å². The molecule has 15 heavy (non-hydrogen) atoms. The first-order chi connectivity index (χ1) is 7.15. The fourth-order valence-electron chi connectivity index (χ4n) is 3.44. The van der Waals surface area contributed by atoms with Crippen molar-refractivity contribution in [2.45, 2.75) is 58.9 Å². The van der Waals surface area contributed by atoms with E-state index in [9.17, 15) is 0 Å². The molecule has 0 aromatic heterocycles. The van der Waals surface area contributed by atoms with Crippen molar-refractivity contribution in [3.63, 3.8) is 0 Å². The Morgan fingerprint density at radius 3 is 2.13 bits per heavy atom. The zero-order valence-corrected chi connectivity index (χ0v) is 10.7. The first kappa shape index (κ1) is 11.4. The minimum atomic E-state index is 0.759. The molecule has 1 saturated carbocycles. The average molecular weight is 209 g/mol. The summed E-state index contributed by atoms with van der Waals surface area (Å²) >= 11 is 0. The predicted octanol–water partition coefficient (Wildman–Crippen LogP) is 3.54. The number of piperidine rings is 1.